The van der Waals surface area contributed by atoms with E-state index < -0.39 is 0 Å². The summed E-state index contributed by atoms with van der Waals surface area (Å²) in [5.41, 5.74) is 3.02. The minimum absolute atomic E-state index is 0.0725. The first kappa shape index (κ1) is 17.3. The van der Waals surface area contributed by atoms with Crippen LogP contribution in [-0.2, 0) is 7.05 Å². The molecule has 5 rings (SSSR count). The maximum Gasteiger partial charge on any atom is 0.267 e. The van der Waals surface area contributed by atoms with Crippen molar-refractivity contribution in [2.45, 2.75) is 18.8 Å². The van der Waals surface area contributed by atoms with Gasteiger partial charge in [0.25, 0.3) is 5.91 Å². The van der Waals surface area contributed by atoms with Gasteiger partial charge in [0.2, 0.25) is 0 Å². The van der Waals surface area contributed by atoms with Crippen LogP contribution in [0.2, 0.25) is 0 Å². The van der Waals surface area contributed by atoms with Gasteiger partial charge >= 0.3 is 0 Å². The van der Waals surface area contributed by atoms with Crippen LogP contribution in [0.1, 0.15) is 34.0 Å². The van der Waals surface area contributed by atoms with Gasteiger partial charge in [0.15, 0.2) is 11.0 Å². The minimum Gasteiger partial charge on any atom is -0.333 e. The number of nitrogens with zero attached hydrogens (tertiary/aromatic N) is 3. The third kappa shape index (κ3) is 3.16. The van der Waals surface area contributed by atoms with E-state index in [0.717, 1.165) is 26.8 Å². The van der Waals surface area contributed by atoms with Crippen LogP contribution in [0.4, 0.5) is 5.13 Å². The number of aryl methyl sites for hydroxylation is 1. The molecule has 0 unspecified atom stereocenters. The minimum atomic E-state index is -0.0725. The summed E-state index contributed by atoms with van der Waals surface area (Å²) in [6.07, 6.45) is 6.04. The van der Waals surface area contributed by atoms with Gasteiger partial charge in [-0.05, 0) is 35.8 Å². The number of amides is 1. The number of thiophene rings is 1. The highest BCUT2D eigenvalue weighted by Crippen LogP contribution is 2.44. The van der Waals surface area contributed by atoms with E-state index in [-0.39, 0.29) is 5.91 Å². The van der Waals surface area contributed by atoms with Crippen molar-refractivity contribution in [1.82, 2.24) is 14.5 Å². The molecule has 0 bridgehead atoms. The van der Waals surface area contributed by atoms with Crippen LogP contribution >= 0.6 is 22.7 Å². The predicted octanol–water partition coefficient (Wildman–Crippen LogP) is 5.40. The average molecular weight is 407 g/mol. The van der Waals surface area contributed by atoms with E-state index in [0.29, 0.717) is 11.0 Å². The number of nitrogens with one attached hydrogen (secondary N) is 1. The van der Waals surface area contributed by atoms with Crippen molar-refractivity contribution < 1.29 is 4.79 Å². The summed E-state index contributed by atoms with van der Waals surface area (Å²) < 4.78 is 1.97. The molecule has 7 heteroatoms. The molecule has 0 saturated heterocycles. The Hall–Kier alpha value is -2.77. The third-order valence-electron chi connectivity index (χ3n) is 4.84. The van der Waals surface area contributed by atoms with E-state index >= 15 is 0 Å². The molecule has 4 aromatic rings. The van der Waals surface area contributed by atoms with Gasteiger partial charge in [-0.2, -0.15) is 0 Å². The Labute approximate surface area is 170 Å². The van der Waals surface area contributed by atoms with Crippen molar-refractivity contribution in [3.05, 3.63) is 64.6 Å². The van der Waals surface area contributed by atoms with E-state index in [1.807, 2.05) is 53.5 Å². The summed E-state index contributed by atoms with van der Waals surface area (Å²) in [6.45, 7) is 0. The molecule has 1 aromatic carbocycles. The highest BCUT2D eigenvalue weighted by molar-refractivity contribution is 7.19. The van der Waals surface area contributed by atoms with Gasteiger partial charge < -0.3 is 4.57 Å². The van der Waals surface area contributed by atoms with E-state index in [1.165, 1.54) is 41.1 Å². The Morgan fingerprint density at radius 1 is 1.21 bits per heavy atom. The average Bonchev–Trinajstić information content (AvgIpc) is 3.10. The van der Waals surface area contributed by atoms with Gasteiger partial charge in [0, 0.05) is 25.0 Å². The molecule has 1 saturated carbocycles. The van der Waals surface area contributed by atoms with Crippen molar-refractivity contribution in [2.24, 2.45) is 7.05 Å². The molecule has 1 aliphatic carbocycles. The number of thiazole rings is 1. The molecule has 0 atom stereocenters. The molecule has 1 fully saturated rings. The molecule has 0 spiro atoms. The largest absolute Gasteiger partial charge is 0.333 e. The first-order valence-electron chi connectivity index (χ1n) is 9.13. The van der Waals surface area contributed by atoms with Crippen molar-refractivity contribution in [3.63, 3.8) is 0 Å². The first-order chi connectivity index (χ1) is 13.7. The normalized spacial score (nSPS) is 13.6. The summed E-state index contributed by atoms with van der Waals surface area (Å²) in [5.74, 6) is 1.31. The van der Waals surface area contributed by atoms with E-state index in [4.69, 9.17) is 4.98 Å². The molecule has 0 aliphatic heterocycles. The van der Waals surface area contributed by atoms with Crippen molar-refractivity contribution in [1.29, 1.82) is 0 Å². The number of carbonyl (C=O) groups excluding carboxylic acids is 1. The van der Waals surface area contributed by atoms with Crippen molar-refractivity contribution in [2.75, 3.05) is 5.32 Å². The Balaban J connectivity index is 1.52. The fourth-order valence-electron chi connectivity index (χ4n) is 3.27. The standard InChI is InChI=1S/C21H18N4OS2/c1-25-11-10-22-19(25)18-16(14-5-3-2-4-6-14)23-21(28-18)24-20(26)17-15(9-12-27-17)13-7-8-13/h2-6,9-13H,7-8H2,1H3,(H,23,24,26). The summed E-state index contributed by atoms with van der Waals surface area (Å²) >= 11 is 2.96. The highest BCUT2D eigenvalue weighted by atomic mass is 32.1. The van der Waals surface area contributed by atoms with Crippen LogP contribution in [0.15, 0.2) is 54.2 Å². The number of hydrogen-bond donors (Lipinski definition) is 1. The van der Waals surface area contributed by atoms with Crippen LogP contribution in [0.25, 0.3) is 22.0 Å². The second kappa shape index (κ2) is 7.00. The number of aromatic nitrogens is 3. The van der Waals surface area contributed by atoms with Gasteiger partial charge in [0.1, 0.15) is 0 Å². The molecule has 1 aliphatic rings. The second-order valence-electron chi connectivity index (χ2n) is 6.86. The smallest absolute Gasteiger partial charge is 0.267 e. The van der Waals surface area contributed by atoms with Gasteiger partial charge in [-0.1, -0.05) is 41.7 Å². The number of anilines is 1. The Morgan fingerprint density at radius 2 is 2.04 bits per heavy atom. The van der Waals surface area contributed by atoms with E-state index in [9.17, 15) is 4.79 Å². The lowest BCUT2D eigenvalue weighted by Gasteiger charge is -2.02. The lowest BCUT2D eigenvalue weighted by molar-refractivity contribution is 0.102. The van der Waals surface area contributed by atoms with Gasteiger partial charge in [0.05, 0.1) is 15.4 Å². The zero-order chi connectivity index (χ0) is 19.1. The van der Waals surface area contributed by atoms with Gasteiger partial charge in [-0.25, -0.2) is 9.97 Å². The van der Waals surface area contributed by atoms with Crippen LogP contribution < -0.4 is 5.32 Å². The van der Waals surface area contributed by atoms with E-state index in [1.54, 1.807) is 6.20 Å². The fraction of sp³-hybridized carbons (Fsp3) is 0.190. The molecule has 5 nitrogen and oxygen atoms in total. The highest BCUT2D eigenvalue weighted by Gasteiger charge is 2.29. The number of rotatable bonds is 5. The zero-order valence-electron chi connectivity index (χ0n) is 15.3. The van der Waals surface area contributed by atoms with Crippen LogP contribution in [-0.4, -0.2) is 20.4 Å². The Bertz CT molecular complexity index is 1140. The SMILES string of the molecule is Cn1ccnc1-c1sc(NC(=O)c2sccc2C2CC2)nc1-c1ccccc1. The molecular weight excluding hydrogens is 388 g/mol. The van der Waals surface area contributed by atoms with Crippen molar-refractivity contribution >= 4 is 33.7 Å². The zero-order valence-corrected chi connectivity index (χ0v) is 16.9. The molecule has 0 radical (unpaired) electrons. The molecule has 3 heterocycles. The number of imidazole rings is 1. The second-order valence-corrected chi connectivity index (χ2v) is 8.77. The quantitative estimate of drug-likeness (QED) is 0.483. The third-order valence-corrected chi connectivity index (χ3v) is 6.73. The summed E-state index contributed by atoms with van der Waals surface area (Å²) in [4.78, 5) is 23.9. The molecular formula is C21H18N4OS2. The number of carbonyl (C=O) groups is 1. The predicted molar refractivity (Wildman–Crippen MR) is 114 cm³/mol. The van der Waals surface area contributed by atoms with Gasteiger partial charge in [-0.15, -0.1) is 11.3 Å². The molecule has 1 amide bonds. The lowest BCUT2D eigenvalue weighted by atomic mass is 10.1. The van der Waals surface area contributed by atoms with Crippen molar-refractivity contribution in [3.8, 4) is 22.0 Å². The number of benzene rings is 1. The summed E-state index contributed by atoms with van der Waals surface area (Å²) in [5, 5.41) is 5.61. The van der Waals surface area contributed by atoms with Crippen LogP contribution in [0, 0.1) is 0 Å². The summed E-state index contributed by atoms with van der Waals surface area (Å²) in [7, 11) is 1.96. The molecule has 1 N–H and O–H groups in total. The maximum atomic E-state index is 12.9. The van der Waals surface area contributed by atoms with Crippen LogP contribution in [0.3, 0.4) is 0 Å². The molecule has 140 valence electrons. The topological polar surface area (TPSA) is 59.8 Å². The molecule has 3 aromatic heterocycles. The lowest BCUT2D eigenvalue weighted by Crippen LogP contribution is -2.11. The Kier molecular flexibility index (Phi) is 4.33. The maximum absolute atomic E-state index is 12.9. The fourth-order valence-corrected chi connectivity index (χ4v) is 5.18. The first-order valence-corrected chi connectivity index (χ1v) is 10.8. The van der Waals surface area contributed by atoms with Crippen LogP contribution in [0.5, 0.6) is 0 Å². The molecule has 28 heavy (non-hydrogen) atoms. The van der Waals surface area contributed by atoms with Gasteiger partial charge in [-0.3, -0.25) is 10.1 Å². The monoisotopic (exact) mass is 406 g/mol. The summed E-state index contributed by atoms with van der Waals surface area (Å²) in [6, 6.07) is 12.1. The number of hydrogen-bond acceptors (Lipinski definition) is 5. The Morgan fingerprint density at radius 3 is 2.75 bits per heavy atom. The van der Waals surface area contributed by atoms with E-state index in [2.05, 4.69) is 16.4 Å².